The molecular weight excluding hydrogens is 256 g/mol. The smallest absolute Gasteiger partial charge is 0.307 e. The molecule has 20 heavy (non-hydrogen) atoms. The molecule has 0 radical (unpaired) electrons. The summed E-state index contributed by atoms with van der Waals surface area (Å²) in [6.07, 6.45) is 0.703. The minimum atomic E-state index is -0.713. The number of hydrogen-bond acceptors (Lipinski definition) is 4. The molecule has 0 spiro atoms. The third-order valence-corrected chi connectivity index (χ3v) is 3.63. The first-order chi connectivity index (χ1) is 9.72. The second kappa shape index (κ2) is 5.46. The number of aromatic nitrogens is 1. The molecule has 0 aliphatic carbocycles. The highest BCUT2D eigenvalue weighted by Crippen LogP contribution is 2.22. The van der Waals surface area contributed by atoms with Gasteiger partial charge in [0, 0.05) is 18.2 Å². The average molecular weight is 272 g/mol. The molecule has 0 saturated carbocycles. The van der Waals surface area contributed by atoms with E-state index in [1.54, 1.807) is 0 Å². The molecule has 1 N–H and O–H groups in total. The molecule has 5 nitrogen and oxygen atoms in total. The summed E-state index contributed by atoms with van der Waals surface area (Å²) in [5.41, 5.74) is 1.84. The van der Waals surface area contributed by atoms with E-state index in [0.717, 1.165) is 23.6 Å². The molecule has 1 atom stereocenters. The molecule has 2 aromatic rings. The van der Waals surface area contributed by atoms with Crippen LogP contribution in [0.4, 0.5) is 0 Å². The Balaban J connectivity index is 1.65. The molecule has 3 rings (SSSR count). The number of aliphatic carboxylic acids is 1. The van der Waals surface area contributed by atoms with Gasteiger partial charge in [0.25, 0.3) is 0 Å². The number of carboxylic acids is 1. The van der Waals surface area contributed by atoms with Gasteiger partial charge in [0.05, 0.1) is 12.5 Å². The van der Waals surface area contributed by atoms with Crippen LogP contribution in [0.25, 0.3) is 11.3 Å². The first kappa shape index (κ1) is 12.9. The van der Waals surface area contributed by atoms with E-state index in [-0.39, 0.29) is 5.92 Å². The largest absolute Gasteiger partial charge is 0.481 e. The summed E-state index contributed by atoms with van der Waals surface area (Å²) >= 11 is 0. The van der Waals surface area contributed by atoms with Gasteiger partial charge in [-0.3, -0.25) is 9.69 Å². The lowest BCUT2D eigenvalue weighted by atomic mass is 10.1. The zero-order valence-corrected chi connectivity index (χ0v) is 11.0. The fraction of sp³-hybridized carbons (Fsp3) is 0.333. The van der Waals surface area contributed by atoms with Crippen LogP contribution in [0.15, 0.2) is 40.9 Å². The number of nitrogens with zero attached hydrogens (tertiary/aromatic N) is 2. The molecule has 1 aromatic heterocycles. The van der Waals surface area contributed by atoms with E-state index in [1.807, 2.05) is 36.4 Å². The van der Waals surface area contributed by atoms with E-state index in [0.29, 0.717) is 19.5 Å². The minimum Gasteiger partial charge on any atom is -0.481 e. The third-order valence-electron chi connectivity index (χ3n) is 3.63. The van der Waals surface area contributed by atoms with Gasteiger partial charge in [-0.2, -0.15) is 0 Å². The van der Waals surface area contributed by atoms with Gasteiger partial charge >= 0.3 is 5.97 Å². The van der Waals surface area contributed by atoms with Crippen LogP contribution in [-0.4, -0.2) is 34.2 Å². The first-order valence-electron chi connectivity index (χ1n) is 6.68. The summed E-state index contributed by atoms with van der Waals surface area (Å²) in [5.74, 6) is -0.198. The van der Waals surface area contributed by atoms with E-state index in [9.17, 15) is 4.79 Å². The molecule has 1 fully saturated rings. The van der Waals surface area contributed by atoms with Crippen molar-refractivity contribution in [1.29, 1.82) is 0 Å². The highest BCUT2D eigenvalue weighted by atomic mass is 16.5. The lowest BCUT2D eigenvalue weighted by molar-refractivity contribution is -0.141. The topological polar surface area (TPSA) is 66.6 Å². The Morgan fingerprint density at radius 1 is 1.40 bits per heavy atom. The Hall–Kier alpha value is -2.14. The molecule has 1 aromatic carbocycles. The standard InChI is InChI=1S/C15H16N2O3/c18-15(19)12-6-7-17(9-12)10-13-8-14(16-20-13)11-4-2-1-3-5-11/h1-5,8,12H,6-7,9-10H2,(H,18,19)/t12-/m0/s1. The lowest BCUT2D eigenvalue weighted by Crippen LogP contribution is -2.22. The van der Waals surface area contributed by atoms with E-state index >= 15 is 0 Å². The van der Waals surface area contributed by atoms with Crippen molar-refractivity contribution >= 4 is 5.97 Å². The van der Waals surface area contributed by atoms with Crippen LogP contribution < -0.4 is 0 Å². The molecule has 0 amide bonds. The highest BCUT2D eigenvalue weighted by molar-refractivity contribution is 5.70. The van der Waals surface area contributed by atoms with Crippen LogP contribution in [0.5, 0.6) is 0 Å². The summed E-state index contributed by atoms with van der Waals surface area (Å²) in [5, 5.41) is 13.1. The summed E-state index contributed by atoms with van der Waals surface area (Å²) in [6.45, 7) is 1.98. The van der Waals surface area contributed by atoms with Gasteiger partial charge in [-0.1, -0.05) is 35.5 Å². The molecule has 2 heterocycles. The maximum Gasteiger partial charge on any atom is 0.307 e. The average Bonchev–Trinajstić information content (AvgIpc) is 3.10. The van der Waals surface area contributed by atoms with Gasteiger partial charge < -0.3 is 9.63 Å². The number of carbonyl (C=O) groups is 1. The van der Waals surface area contributed by atoms with Gasteiger partial charge in [0.1, 0.15) is 5.69 Å². The normalized spacial score (nSPS) is 19.3. The van der Waals surface area contributed by atoms with Gasteiger partial charge in [0.2, 0.25) is 0 Å². The monoisotopic (exact) mass is 272 g/mol. The number of carboxylic acid groups (broad SMARTS) is 1. The van der Waals surface area contributed by atoms with Crippen molar-refractivity contribution in [2.75, 3.05) is 13.1 Å². The van der Waals surface area contributed by atoms with Crippen molar-refractivity contribution in [3.05, 3.63) is 42.2 Å². The Bertz CT molecular complexity index is 594. The molecule has 104 valence electrons. The Labute approximate surface area is 116 Å². The third kappa shape index (κ3) is 2.72. The van der Waals surface area contributed by atoms with E-state index in [1.165, 1.54) is 0 Å². The van der Waals surface area contributed by atoms with E-state index < -0.39 is 5.97 Å². The number of benzene rings is 1. The van der Waals surface area contributed by atoms with Crippen molar-refractivity contribution in [2.45, 2.75) is 13.0 Å². The molecule has 0 unspecified atom stereocenters. The molecule has 1 aliphatic heterocycles. The SMILES string of the molecule is O=C(O)[C@H]1CCN(Cc2cc(-c3ccccc3)no2)C1. The predicted molar refractivity (Wildman–Crippen MR) is 73.0 cm³/mol. The molecule has 0 bridgehead atoms. The Morgan fingerprint density at radius 2 is 2.20 bits per heavy atom. The van der Waals surface area contributed by atoms with Crippen LogP contribution in [0.2, 0.25) is 0 Å². The summed E-state index contributed by atoms with van der Waals surface area (Å²) in [6, 6.07) is 11.8. The number of hydrogen-bond donors (Lipinski definition) is 1. The minimum absolute atomic E-state index is 0.258. The van der Waals surface area contributed by atoms with Gasteiger partial charge in [-0.15, -0.1) is 0 Å². The highest BCUT2D eigenvalue weighted by Gasteiger charge is 2.28. The fourth-order valence-electron chi connectivity index (χ4n) is 2.53. The number of likely N-dealkylation sites (tertiary alicyclic amines) is 1. The number of rotatable bonds is 4. The van der Waals surface area contributed by atoms with Crippen LogP contribution in [0.3, 0.4) is 0 Å². The van der Waals surface area contributed by atoms with Gasteiger partial charge in [-0.25, -0.2) is 0 Å². The van der Waals surface area contributed by atoms with Crippen LogP contribution in [0, 0.1) is 5.92 Å². The van der Waals surface area contributed by atoms with Crippen LogP contribution >= 0.6 is 0 Å². The quantitative estimate of drug-likeness (QED) is 0.924. The van der Waals surface area contributed by atoms with Crippen molar-refractivity contribution < 1.29 is 14.4 Å². The molecule has 5 heteroatoms. The maximum atomic E-state index is 10.9. The fourth-order valence-corrected chi connectivity index (χ4v) is 2.53. The Morgan fingerprint density at radius 3 is 2.90 bits per heavy atom. The summed E-state index contributed by atoms with van der Waals surface area (Å²) in [4.78, 5) is 13.0. The van der Waals surface area contributed by atoms with Crippen molar-refractivity contribution in [3.8, 4) is 11.3 Å². The Kier molecular flexibility index (Phi) is 3.52. The van der Waals surface area contributed by atoms with Gasteiger partial charge in [-0.05, 0) is 13.0 Å². The molecule has 1 aliphatic rings. The maximum absolute atomic E-state index is 10.9. The van der Waals surface area contributed by atoms with Crippen molar-refractivity contribution in [1.82, 2.24) is 10.1 Å². The second-order valence-corrected chi connectivity index (χ2v) is 5.10. The zero-order chi connectivity index (χ0) is 13.9. The van der Waals surface area contributed by atoms with Crippen molar-refractivity contribution in [3.63, 3.8) is 0 Å². The molecular formula is C15H16N2O3. The van der Waals surface area contributed by atoms with Gasteiger partial charge in [0.15, 0.2) is 5.76 Å². The van der Waals surface area contributed by atoms with Crippen LogP contribution in [-0.2, 0) is 11.3 Å². The zero-order valence-electron chi connectivity index (χ0n) is 11.0. The second-order valence-electron chi connectivity index (χ2n) is 5.10. The lowest BCUT2D eigenvalue weighted by Gasteiger charge is -2.11. The first-order valence-corrected chi connectivity index (χ1v) is 6.68. The van der Waals surface area contributed by atoms with Crippen LogP contribution in [0.1, 0.15) is 12.2 Å². The van der Waals surface area contributed by atoms with Crippen molar-refractivity contribution in [2.24, 2.45) is 5.92 Å². The summed E-state index contributed by atoms with van der Waals surface area (Å²) in [7, 11) is 0. The predicted octanol–water partition coefficient (Wildman–Crippen LogP) is 2.25. The van der Waals surface area contributed by atoms with E-state index in [4.69, 9.17) is 9.63 Å². The van der Waals surface area contributed by atoms with E-state index in [2.05, 4.69) is 10.1 Å². The summed E-state index contributed by atoms with van der Waals surface area (Å²) < 4.78 is 5.34. The molecule has 1 saturated heterocycles.